The van der Waals surface area contributed by atoms with Gasteiger partial charge in [0.1, 0.15) is 25.3 Å². The Kier molecular flexibility index (Phi) is 2.04. The Hall–Kier alpha value is -1.25. The Labute approximate surface area is 88.7 Å². The first kappa shape index (κ1) is 9.01. The van der Waals surface area contributed by atoms with Crippen molar-refractivity contribution in [3.8, 4) is 0 Å². The van der Waals surface area contributed by atoms with Gasteiger partial charge in [-0.3, -0.25) is 0 Å². The van der Waals surface area contributed by atoms with E-state index in [0.717, 1.165) is 30.6 Å². The third-order valence-corrected chi connectivity index (χ3v) is 3.42. The van der Waals surface area contributed by atoms with E-state index in [0.29, 0.717) is 25.0 Å². The molecule has 0 aromatic rings. The molecule has 3 heteroatoms. The van der Waals surface area contributed by atoms with Gasteiger partial charge in [0.25, 0.3) is 0 Å². The van der Waals surface area contributed by atoms with Gasteiger partial charge in [0.05, 0.1) is 0 Å². The van der Waals surface area contributed by atoms with E-state index < -0.39 is 0 Å². The van der Waals surface area contributed by atoms with E-state index in [-0.39, 0.29) is 5.92 Å². The van der Waals surface area contributed by atoms with Crippen LogP contribution in [0.4, 0.5) is 0 Å². The first-order chi connectivity index (χ1) is 7.40. The molecular weight excluding hydrogens is 192 g/mol. The van der Waals surface area contributed by atoms with Crippen molar-refractivity contribution in [1.29, 1.82) is 0 Å². The predicted octanol–water partition coefficient (Wildman–Crippen LogP) is 1.66. The molecule has 15 heavy (non-hydrogen) atoms. The van der Waals surface area contributed by atoms with Crippen LogP contribution in [0.1, 0.15) is 12.8 Å². The maximum absolute atomic E-state index is 10.7. The normalized spacial score (nSPS) is 37.7. The number of hydrogen-bond acceptors (Lipinski definition) is 3. The van der Waals surface area contributed by atoms with E-state index in [1.165, 1.54) is 0 Å². The summed E-state index contributed by atoms with van der Waals surface area (Å²) < 4.78 is 11.2. The molecule has 1 aliphatic heterocycles. The zero-order chi connectivity index (χ0) is 10.3. The highest BCUT2D eigenvalue weighted by atomic mass is 16.6. The Bertz CT molecular complexity index is 343. The maximum atomic E-state index is 10.7. The number of rotatable bonds is 2. The van der Waals surface area contributed by atoms with Crippen LogP contribution in [-0.2, 0) is 14.3 Å². The number of hydrogen-bond donors (Lipinski definition) is 0. The summed E-state index contributed by atoms with van der Waals surface area (Å²) in [6.45, 7) is 1.28. The van der Waals surface area contributed by atoms with E-state index in [4.69, 9.17) is 9.47 Å². The van der Waals surface area contributed by atoms with Crippen LogP contribution < -0.4 is 0 Å². The topological polar surface area (TPSA) is 35.5 Å². The minimum absolute atomic E-state index is 0.251. The Morgan fingerprint density at radius 3 is 3.00 bits per heavy atom. The number of carbonyl (C=O) groups is 1. The van der Waals surface area contributed by atoms with Gasteiger partial charge in [-0.1, -0.05) is 6.08 Å². The third-order valence-electron chi connectivity index (χ3n) is 3.42. The first-order valence-corrected chi connectivity index (χ1v) is 5.51. The third kappa shape index (κ3) is 1.46. The van der Waals surface area contributed by atoms with E-state index in [1.54, 1.807) is 0 Å². The molecule has 0 saturated heterocycles. The maximum Gasteiger partial charge on any atom is 0.157 e. The fourth-order valence-electron chi connectivity index (χ4n) is 2.52. The highest BCUT2D eigenvalue weighted by Gasteiger charge is 2.46. The fraction of sp³-hybridized carbons (Fsp3) is 0.583. The van der Waals surface area contributed by atoms with Crippen molar-refractivity contribution < 1.29 is 14.3 Å². The molecule has 0 aromatic carbocycles. The lowest BCUT2D eigenvalue weighted by molar-refractivity contribution is -0.109. The minimum atomic E-state index is 0.251. The van der Waals surface area contributed by atoms with E-state index in [1.807, 2.05) is 6.08 Å². The molecule has 0 N–H and O–H groups in total. The Balaban J connectivity index is 1.82. The zero-order valence-electron chi connectivity index (χ0n) is 8.52. The van der Waals surface area contributed by atoms with Crippen molar-refractivity contribution in [2.75, 3.05) is 13.2 Å². The molecule has 3 aliphatic rings. The molecule has 0 aromatic heterocycles. The van der Waals surface area contributed by atoms with E-state index in [2.05, 4.69) is 6.08 Å². The average molecular weight is 206 g/mol. The van der Waals surface area contributed by atoms with Crippen molar-refractivity contribution in [3.05, 3.63) is 23.7 Å². The summed E-state index contributed by atoms with van der Waals surface area (Å²) in [4.78, 5) is 10.7. The smallest absolute Gasteiger partial charge is 0.157 e. The van der Waals surface area contributed by atoms with Crippen LogP contribution in [0.25, 0.3) is 0 Å². The van der Waals surface area contributed by atoms with Gasteiger partial charge in [-0.25, -0.2) is 0 Å². The van der Waals surface area contributed by atoms with Gasteiger partial charge >= 0.3 is 0 Å². The molecule has 3 rings (SSSR count). The van der Waals surface area contributed by atoms with Crippen LogP contribution in [0, 0.1) is 17.8 Å². The van der Waals surface area contributed by atoms with Crippen LogP contribution in [-0.4, -0.2) is 19.5 Å². The molecule has 1 saturated carbocycles. The van der Waals surface area contributed by atoms with Gasteiger partial charge in [0.15, 0.2) is 5.76 Å². The summed E-state index contributed by atoms with van der Waals surface area (Å²) in [5.74, 6) is 2.98. The first-order valence-electron chi connectivity index (χ1n) is 5.51. The van der Waals surface area contributed by atoms with Crippen LogP contribution in [0.15, 0.2) is 23.7 Å². The van der Waals surface area contributed by atoms with Crippen LogP contribution >= 0.6 is 0 Å². The van der Waals surface area contributed by atoms with Gasteiger partial charge in [-0.05, 0) is 24.8 Å². The molecule has 80 valence electrons. The standard InChI is InChI=1S/C12H14O3/c13-7-8-6-10(8)9-2-1-3-11-12(9)15-5-4-14-11/h1,3,7-10H,2,4-6H2. The van der Waals surface area contributed by atoms with Crippen molar-refractivity contribution in [1.82, 2.24) is 0 Å². The summed E-state index contributed by atoms with van der Waals surface area (Å²) >= 11 is 0. The summed E-state index contributed by atoms with van der Waals surface area (Å²) in [5, 5.41) is 0. The molecule has 1 fully saturated rings. The van der Waals surface area contributed by atoms with Crippen molar-refractivity contribution in [2.45, 2.75) is 12.8 Å². The molecule has 3 atom stereocenters. The van der Waals surface area contributed by atoms with Crippen LogP contribution in [0.5, 0.6) is 0 Å². The summed E-state index contributed by atoms with van der Waals surface area (Å²) in [5.41, 5.74) is 0. The molecule has 2 aliphatic carbocycles. The molecule has 3 nitrogen and oxygen atoms in total. The Morgan fingerprint density at radius 2 is 2.20 bits per heavy atom. The molecule has 0 bridgehead atoms. The predicted molar refractivity (Wildman–Crippen MR) is 53.8 cm³/mol. The van der Waals surface area contributed by atoms with Gasteiger partial charge in [-0.15, -0.1) is 0 Å². The minimum Gasteiger partial charge on any atom is -0.490 e. The molecule has 1 heterocycles. The van der Waals surface area contributed by atoms with E-state index in [9.17, 15) is 4.79 Å². The highest BCUT2D eigenvalue weighted by molar-refractivity contribution is 5.58. The van der Waals surface area contributed by atoms with Gasteiger partial charge in [-0.2, -0.15) is 0 Å². The summed E-state index contributed by atoms with van der Waals surface area (Å²) in [6.07, 6.45) is 7.19. The second-order valence-corrected chi connectivity index (χ2v) is 4.37. The summed E-state index contributed by atoms with van der Waals surface area (Å²) in [6, 6.07) is 0. The molecular formula is C12H14O3. The largest absolute Gasteiger partial charge is 0.490 e. The SMILES string of the molecule is O=CC1CC1C1CC=CC2=C1OCCO2. The second-order valence-electron chi connectivity index (χ2n) is 4.37. The average Bonchev–Trinajstić information content (AvgIpc) is 3.07. The van der Waals surface area contributed by atoms with Gasteiger partial charge in [0.2, 0.25) is 0 Å². The zero-order valence-corrected chi connectivity index (χ0v) is 8.52. The lowest BCUT2D eigenvalue weighted by Gasteiger charge is -2.28. The van der Waals surface area contributed by atoms with Crippen molar-refractivity contribution in [2.24, 2.45) is 17.8 Å². The lowest BCUT2D eigenvalue weighted by Crippen LogP contribution is -2.22. The molecule has 0 spiro atoms. The lowest BCUT2D eigenvalue weighted by atomic mass is 9.91. The van der Waals surface area contributed by atoms with Gasteiger partial charge in [0, 0.05) is 11.8 Å². The quantitative estimate of drug-likeness (QED) is 0.644. The van der Waals surface area contributed by atoms with Crippen molar-refractivity contribution in [3.63, 3.8) is 0 Å². The van der Waals surface area contributed by atoms with Crippen LogP contribution in [0.2, 0.25) is 0 Å². The number of aldehydes is 1. The second kappa shape index (κ2) is 3.40. The van der Waals surface area contributed by atoms with Crippen LogP contribution in [0.3, 0.4) is 0 Å². The fourth-order valence-corrected chi connectivity index (χ4v) is 2.52. The van der Waals surface area contributed by atoms with Gasteiger partial charge < -0.3 is 14.3 Å². The monoisotopic (exact) mass is 206 g/mol. The highest BCUT2D eigenvalue weighted by Crippen LogP contribution is 2.49. The number of ether oxygens (including phenoxy) is 2. The number of allylic oxidation sites excluding steroid dienone is 3. The number of carbonyl (C=O) groups excluding carboxylic acids is 1. The van der Waals surface area contributed by atoms with Crippen molar-refractivity contribution >= 4 is 6.29 Å². The van der Waals surface area contributed by atoms with E-state index >= 15 is 0 Å². The molecule has 0 amide bonds. The molecule has 3 unspecified atom stereocenters. The summed E-state index contributed by atoms with van der Waals surface area (Å²) in [7, 11) is 0. The Morgan fingerprint density at radius 1 is 1.33 bits per heavy atom. The molecule has 0 radical (unpaired) electrons.